The Morgan fingerprint density at radius 3 is 1.82 bits per heavy atom. The maximum atomic E-state index is 13.0. The van der Waals surface area contributed by atoms with E-state index in [1.165, 1.54) is 5.56 Å². The summed E-state index contributed by atoms with van der Waals surface area (Å²) in [5, 5.41) is 19.0. The van der Waals surface area contributed by atoms with Crippen LogP contribution in [0.5, 0.6) is 0 Å². The molecule has 1 fully saturated rings. The molecule has 8 nitrogen and oxygen atoms in total. The Hall–Kier alpha value is -4.79. The monoisotopic (exact) mass is 593 g/mol. The number of rotatable bonds is 10. The molecule has 0 saturated carbocycles. The zero-order chi connectivity index (χ0) is 31.1. The maximum absolute atomic E-state index is 13.0. The van der Waals surface area contributed by atoms with Gasteiger partial charge in [-0.3, -0.25) is 9.69 Å². The third kappa shape index (κ3) is 10.2. The van der Waals surface area contributed by atoms with Gasteiger partial charge in [0.15, 0.2) is 0 Å². The van der Waals surface area contributed by atoms with Gasteiger partial charge in [0.25, 0.3) is 0 Å². The van der Waals surface area contributed by atoms with E-state index in [1.807, 2.05) is 6.07 Å². The Morgan fingerprint density at radius 1 is 0.727 bits per heavy atom. The molecule has 0 unspecified atom stereocenters. The summed E-state index contributed by atoms with van der Waals surface area (Å²) in [6.07, 6.45) is 11.3. The van der Waals surface area contributed by atoms with Gasteiger partial charge in [-0.1, -0.05) is 103 Å². The van der Waals surface area contributed by atoms with Crippen molar-refractivity contribution in [3.63, 3.8) is 0 Å². The normalized spacial score (nSPS) is 15.2. The number of hydrogen-bond donors (Lipinski definition) is 3. The molecule has 3 N–H and O–H groups in total. The van der Waals surface area contributed by atoms with E-state index in [4.69, 9.17) is 10.2 Å². The minimum absolute atomic E-state index is 0.118. The van der Waals surface area contributed by atoms with Crippen molar-refractivity contribution < 1.29 is 24.6 Å². The van der Waals surface area contributed by atoms with Crippen LogP contribution in [0.4, 0.5) is 0 Å². The highest BCUT2D eigenvalue weighted by Crippen LogP contribution is 2.32. The molecule has 0 radical (unpaired) electrons. The molecule has 228 valence electrons. The first-order valence-electron chi connectivity index (χ1n) is 14.8. The number of amides is 1. The van der Waals surface area contributed by atoms with Crippen molar-refractivity contribution in [1.29, 1.82) is 0 Å². The van der Waals surface area contributed by atoms with Crippen molar-refractivity contribution in [2.45, 2.75) is 18.9 Å². The van der Waals surface area contributed by atoms with Gasteiger partial charge in [0.1, 0.15) is 0 Å². The number of aliphatic carboxylic acids is 2. The Morgan fingerprint density at radius 2 is 1.25 bits per heavy atom. The molecule has 0 aromatic heterocycles. The number of benzene rings is 3. The lowest BCUT2D eigenvalue weighted by Gasteiger charge is -2.34. The number of nitrogens with one attached hydrogen (secondary N) is 1. The average Bonchev–Trinajstić information content (AvgIpc) is 3.19. The second-order valence-electron chi connectivity index (χ2n) is 10.7. The van der Waals surface area contributed by atoms with Gasteiger partial charge in [0.05, 0.1) is 6.04 Å². The van der Waals surface area contributed by atoms with E-state index >= 15 is 0 Å². The first-order chi connectivity index (χ1) is 21.4. The molecule has 1 aliphatic heterocycles. The van der Waals surface area contributed by atoms with Gasteiger partial charge in [-0.05, 0) is 40.8 Å². The lowest BCUT2D eigenvalue weighted by atomic mass is 9.94. The van der Waals surface area contributed by atoms with Crippen molar-refractivity contribution in [3.8, 4) is 0 Å². The van der Waals surface area contributed by atoms with Crippen molar-refractivity contribution in [3.05, 3.63) is 125 Å². The summed E-state index contributed by atoms with van der Waals surface area (Å²) in [6.45, 7) is 6.25. The van der Waals surface area contributed by atoms with E-state index in [9.17, 15) is 14.4 Å². The quantitative estimate of drug-likeness (QED) is 0.277. The molecule has 0 atom stereocenters. The van der Waals surface area contributed by atoms with Gasteiger partial charge in [-0.2, -0.15) is 0 Å². The molecule has 8 heteroatoms. The zero-order valence-corrected chi connectivity index (χ0v) is 24.7. The summed E-state index contributed by atoms with van der Waals surface area (Å²) in [7, 11) is 0. The van der Waals surface area contributed by atoms with Crippen LogP contribution in [0.2, 0.25) is 0 Å². The molecule has 3 aromatic rings. The Kier molecular flexibility index (Phi) is 12.2. The fourth-order valence-electron chi connectivity index (χ4n) is 5.29. The minimum atomic E-state index is -1.26. The molecule has 5 rings (SSSR count). The summed E-state index contributed by atoms with van der Waals surface area (Å²) in [5.41, 5.74) is 5.89. The lowest BCUT2D eigenvalue weighted by molar-refractivity contribution is -0.134. The van der Waals surface area contributed by atoms with Gasteiger partial charge in [0, 0.05) is 51.3 Å². The van der Waals surface area contributed by atoms with Crippen molar-refractivity contribution in [2.24, 2.45) is 0 Å². The number of piperazine rings is 1. The topological polar surface area (TPSA) is 110 Å². The van der Waals surface area contributed by atoms with Crippen molar-refractivity contribution in [1.82, 2.24) is 15.1 Å². The largest absolute Gasteiger partial charge is 0.478 e. The van der Waals surface area contributed by atoms with Crippen LogP contribution in [0, 0.1) is 0 Å². The second-order valence-corrected chi connectivity index (χ2v) is 10.7. The molecular weight excluding hydrogens is 554 g/mol. The summed E-state index contributed by atoms with van der Waals surface area (Å²) >= 11 is 0. The molecule has 44 heavy (non-hydrogen) atoms. The predicted octanol–water partition coefficient (Wildman–Crippen LogP) is 5.20. The molecule has 2 aliphatic rings. The summed E-state index contributed by atoms with van der Waals surface area (Å²) in [4.78, 5) is 37.1. The third-order valence-corrected chi connectivity index (χ3v) is 7.55. The van der Waals surface area contributed by atoms with Gasteiger partial charge in [-0.15, -0.1) is 0 Å². The van der Waals surface area contributed by atoms with Crippen LogP contribution in [-0.2, 0) is 14.4 Å². The maximum Gasteiger partial charge on any atom is 0.328 e. The van der Waals surface area contributed by atoms with Gasteiger partial charge < -0.3 is 20.4 Å². The van der Waals surface area contributed by atoms with Crippen molar-refractivity contribution >= 4 is 36.1 Å². The Labute approximate surface area is 258 Å². The van der Waals surface area contributed by atoms with E-state index in [2.05, 4.69) is 112 Å². The van der Waals surface area contributed by atoms with Crippen LogP contribution in [0.1, 0.15) is 46.7 Å². The van der Waals surface area contributed by atoms with E-state index in [1.54, 1.807) is 0 Å². The van der Waals surface area contributed by atoms with Crippen LogP contribution >= 0.6 is 0 Å². The summed E-state index contributed by atoms with van der Waals surface area (Å²) < 4.78 is 0. The number of hydrogen-bond acceptors (Lipinski definition) is 5. The highest BCUT2D eigenvalue weighted by atomic mass is 16.4. The zero-order valence-electron chi connectivity index (χ0n) is 24.7. The molecule has 0 bridgehead atoms. The van der Waals surface area contributed by atoms with E-state index in [0.29, 0.717) is 18.6 Å². The Bertz CT molecular complexity index is 1420. The number of carboxylic acid groups (broad SMARTS) is 2. The molecule has 1 aliphatic carbocycles. The second kappa shape index (κ2) is 16.7. The first-order valence-corrected chi connectivity index (χ1v) is 14.8. The van der Waals surface area contributed by atoms with E-state index in [0.717, 1.165) is 67.9 Å². The van der Waals surface area contributed by atoms with Gasteiger partial charge in [-0.25, -0.2) is 9.59 Å². The molecule has 0 spiro atoms. The lowest BCUT2D eigenvalue weighted by Crippen LogP contribution is -2.46. The smallest absolute Gasteiger partial charge is 0.328 e. The highest BCUT2D eigenvalue weighted by Gasteiger charge is 2.23. The number of carbonyl (C=O) groups is 3. The predicted molar refractivity (Wildman–Crippen MR) is 174 cm³/mol. The number of carbonyl (C=O) groups excluding carboxylic acids is 1. The fourth-order valence-corrected chi connectivity index (χ4v) is 5.29. The number of carboxylic acids is 2. The van der Waals surface area contributed by atoms with E-state index < -0.39 is 11.9 Å². The Balaban J connectivity index is 0.000000488. The minimum Gasteiger partial charge on any atom is -0.478 e. The highest BCUT2D eigenvalue weighted by molar-refractivity contribution is 5.89. The van der Waals surface area contributed by atoms with Crippen LogP contribution in [-0.4, -0.2) is 77.1 Å². The van der Waals surface area contributed by atoms with Crippen LogP contribution < -0.4 is 5.32 Å². The first kappa shape index (κ1) is 32.1. The SMILES string of the molecule is O=C(CCCN1CCN(C/C=C/c2ccccc2)CC1)NC1c2ccccc2C=Cc2ccccc21.O=C(O)/C=C\C(=O)O. The number of fused-ring (bicyclic) bond motifs is 2. The summed E-state index contributed by atoms with van der Waals surface area (Å²) in [6, 6.07) is 27.0. The molecule has 1 heterocycles. The third-order valence-electron chi connectivity index (χ3n) is 7.55. The molecule has 1 saturated heterocycles. The van der Waals surface area contributed by atoms with E-state index in [-0.39, 0.29) is 11.9 Å². The van der Waals surface area contributed by atoms with Crippen LogP contribution in [0.3, 0.4) is 0 Å². The van der Waals surface area contributed by atoms with Gasteiger partial charge in [0.2, 0.25) is 5.91 Å². The molecule has 3 aromatic carbocycles. The molecular formula is C36H39N3O5. The van der Waals surface area contributed by atoms with Gasteiger partial charge >= 0.3 is 11.9 Å². The fraction of sp³-hybridized carbons (Fsp3) is 0.250. The van der Waals surface area contributed by atoms with Crippen LogP contribution in [0.25, 0.3) is 18.2 Å². The molecule has 1 amide bonds. The standard InChI is InChI=1S/C32H35N3O.C4H4O4/c36-31(33-32-29-15-6-4-13-27(29)18-19-28-14-5-7-16-30(28)32)17-9-21-35-24-22-34(23-25-35)20-8-12-26-10-2-1-3-11-26;5-3(6)1-2-4(7)8/h1-8,10-16,18-19,32H,9,17,20-25H2,(H,33,36);1-2H,(H,5,6)(H,7,8)/b12-8+;2-1-. The summed E-state index contributed by atoms with van der Waals surface area (Å²) in [5.74, 6) is -2.39. The van der Waals surface area contributed by atoms with Crippen molar-refractivity contribution in [2.75, 3.05) is 39.3 Å². The average molecular weight is 594 g/mol. The van der Waals surface area contributed by atoms with Crippen LogP contribution in [0.15, 0.2) is 97.1 Å². The number of nitrogens with zero attached hydrogens (tertiary/aromatic N) is 2.